The monoisotopic (exact) mass is 196 g/mol. The highest BCUT2D eigenvalue weighted by Crippen LogP contribution is 2.41. The van der Waals surface area contributed by atoms with E-state index in [1.165, 1.54) is 5.57 Å². The molecule has 0 fully saturated rings. The zero-order valence-electron chi connectivity index (χ0n) is 9.95. The molecule has 0 aromatic heterocycles. The molecule has 0 saturated carbocycles. The van der Waals surface area contributed by atoms with Gasteiger partial charge in [-0.15, -0.1) is 0 Å². The molecule has 0 aromatic carbocycles. The zero-order chi connectivity index (χ0) is 10.9. The van der Waals surface area contributed by atoms with E-state index in [1.807, 2.05) is 13.8 Å². The number of allylic oxidation sites excluding steroid dienone is 4. The Labute approximate surface area is 86.9 Å². The molecule has 0 saturated heterocycles. The van der Waals surface area contributed by atoms with Crippen molar-refractivity contribution >= 4 is 0 Å². The molecule has 1 heteroatoms. The molecule has 0 aromatic rings. The summed E-state index contributed by atoms with van der Waals surface area (Å²) in [5.74, 6) is 0.986. The van der Waals surface area contributed by atoms with Crippen LogP contribution in [0.2, 0.25) is 0 Å². The van der Waals surface area contributed by atoms with Gasteiger partial charge in [0.1, 0.15) is 5.83 Å². The third kappa shape index (κ3) is 1.65. The van der Waals surface area contributed by atoms with Crippen LogP contribution in [0.15, 0.2) is 22.5 Å². The van der Waals surface area contributed by atoms with Gasteiger partial charge in [0.25, 0.3) is 0 Å². The minimum Gasteiger partial charge on any atom is -0.207 e. The van der Waals surface area contributed by atoms with Crippen molar-refractivity contribution in [3.63, 3.8) is 0 Å². The highest BCUT2D eigenvalue weighted by Gasteiger charge is 2.29. The zero-order valence-corrected chi connectivity index (χ0v) is 9.95. The Morgan fingerprint density at radius 3 is 2.21 bits per heavy atom. The number of rotatable bonds is 2. The minimum atomic E-state index is 0.0576. The van der Waals surface area contributed by atoms with Gasteiger partial charge in [-0.05, 0) is 49.7 Å². The van der Waals surface area contributed by atoms with Crippen molar-refractivity contribution in [1.82, 2.24) is 0 Å². The Kier molecular flexibility index (Phi) is 3.52. The first-order chi connectivity index (χ1) is 6.54. The number of hydrogen-bond donors (Lipinski definition) is 0. The van der Waals surface area contributed by atoms with Gasteiger partial charge in [-0.25, -0.2) is 4.39 Å². The molecule has 0 N–H and O–H groups in total. The molecule has 0 nitrogen and oxygen atoms in total. The van der Waals surface area contributed by atoms with Gasteiger partial charge in [0, 0.05) is 0 Å². The third-order valence-electron chi connectivity index (χ3n) is 3.73. The lowest BCUT2D eigenvalue weighted by Crippen LogP contribution is -2.20. The fourth-order valence-corrected chi connectivity index (χ4v) is 2.65. The first kappa shape index (κ1) is 11.5. The molecule has 0 bridgehead atoms. The lowest BCUT2D eigenvalue weighted by molar-refractivity contribution is 0.408. The average molecular weight is 196 g/mol. The standard InChI is InChI=1S/C13H21F/c1-6-11-8(3)9(4)13(14)12(7-2)10(11)5/h10-11H,6-7H2,1-5H3/t10?,11-/m1/s1. The summed E-state index contributed by atoms with van der Waals surface area (Å²) in [6.45, 7) is 10.4. The van der Waals surface area contributed by atoms with Crippen molar-refractivity contribution in [3.05, 3.63) is 22.5 Å². The van der Waals surface area contributed by atoms with Crippen LogP contribution in [0, 0.1) is 11.8 Å². The fraction of sp³-hybridized carbons (Fsp3) is 0.692. The molecular formula is C13H21F. The highest BCUT2D eigenvalue weighted by atomic mass is 19.1. The molecule has 1 unspecified atom stereocenters. The van der Waals surface area contributed by atoms with Crippen LogP contribution >= 0.6 is 0 Å². The maximum absolute atomic E-state index is 13.9. The van der Waals surface area contributed by atoms with Crippen molar-refractivity contribution in [2.24, 2.45) is 11.8 Å². The van der Waals surface area contributed by atoms with Crippen molar-refractivity contribution < 1.29 is 4.39 Å². The topological polar surface area (TPSA) is 0 Å². The molecule has 1 aliphatic carbocycles. The van der Waals surface area contributed by atoms with Gasteiger partial charge < -0.3 is 0 Å². The lowest BCUT2D eigenvalue weighted by Gasteiger charge is -2.32. The average Bonchev–Trinajstić information content (AvgIpc) is 2.16. The molecule has 1 rings (SSSR count). The molecule has 1 aliphatic rings. The molecule has 0 aliphatic heterocycles. The SMILES string of the molecule is CCC1=C(F)C(C)=C(C)[C@@H](CC)C1C. The summed E-state index contributed by atoms with van der Waals surface area (Å²) in [4.78, 5) is 0. The molecule has 0 radical (unpaired) electrons. The second-order valence-corrected chi connectivity index (χ2v) is 4.30. The molecule has 0 heterocycles. The first-order valence-electron chi connectivity index (χ1n) is 5.60. The van der Waals surface area contributed by atoms with E-state index in [2.05, 4.69) is 20.8 Å². The van der Waals surface area contributed by atoms with Crippen LogP contribution in [0.5, 0.6) is 0 Å². The summed E-state index contributed by atoms with van der Waals surface area (Å²) in [5.41, 5.74) is 3.14. The molecule has 0 amide bonds. The van der Waals surface area contributed by atoms with Crippen molar-refractivity contribution in [2.45, 2.75) is 47.5 Å². The van der Waals surface area contributed by atoms with Crippen LogP contribution in [0.3, 0.4) is 0 Å². The van der Waals surface area contributed by atoms with Crippen molar-refractivity contribution in [2.75, 3.05) is 0 Å². The van der Waals surface area contributed by atoms with E-state index >= 15 is 0 Å². The normalized spacial score (nSPS) is 28.7. The summed E-state index contributed by atoms with van der Waals surface area (Å²) in [6, 6.07) is 0. The predicted octanol–water partition coefficient (Wildman–Crippen LogP) is 4.63. The third-order valence-corrected chi connectivity index (χ3v) is 3.73. The van der Waals surface area contributed by atoms with E-state index in [1.54, 1.807) is 0 Å². The summed E-state index contributed by atoms with van der Waals surface area (Å²) in [7, 11) is 0. The van der Waals surface area contributed by atoms with Gasteiger partial charge in [0.15, 0.2) is 0 Å². The van der Waals surface area contributed by atoms with Gasteiger partial charge in [-0.2, -0.15) is 0 Å². The van der Waals surface area contributed by atoms with Crippen LogP contribution < -0.4 is 0 Å². The quantitative estimate of drug-likeness (QED) is 0.604. The summed E-state index contributed by atoms with van der Waals surface area (Å²) < 4.78 is 13.9. The predicted molar refractivity (Wildman–Crippen MR) is 59.7 cm³/mol. The van der Waals surface area contributed by atoms with Crippen molar-refractivity contribution in [3.8, 4) is 0 Å². The number of halogens is 1. The molecule has 2 atom stereocenters. The van der Waals surface area contributed by atoms with E-state index in [0.29, 0.717) is 11.8 Å². The second-order valence-electron chi connectivity index (χ2n) is 4.30. The Hall–Kier alpha value is -0.590. The van der Waals surface area contributed by atoms with Gasteiger partial charge in [-0.3, -0.25) is 0 Å². The highest BCUT2D eigenvalue weighted by molar-refractivity contribution is 5.39. The Bertz CT molecular complexity index is 284. The van der Waals surface area contributed by atoms with Crippen LogP contribution in [-0.2, 0) is 0 Å². The number of hydrogen-bond acceptors (Lipinski definition) is 0. The van der Waals surface area contributed by atoms with Gasteiger partial charge >= 0.3 is 0 Å². The van der Waals surface area contributed by atoms with Crippen LogP contribution in [0.4, 0.5) is 4.39 Å². The van der Waals surface area contributed by atoms with Crippen molar-refractivity contribution in [1.29, 1.82) is 0 Å². The molecule has 80 valence electrons. The molecule has 0 spiro atoms. The lowest BCUT2D eigenvalue weighted by atomic mass is 9.74. The maximum atomic E-state index is 13.9. The van der Waals surface area contributed by atoms with E-state index in [4.69, 9.17) is 0 Å². The fourth-order valence-electron chi connectivity index (χ4n) is 2.65. The summed E-state index contributed by atoms with van der Waals surface area (Å²) >= 11 is 0. The van der Waals surface area contributed by atoms with E-state index in [-0.39, 0.29) is 5.83 Å². The first-order valence-corrected chi connectivity index (χ1v) is 5.60. The van der Waals surface area contributed by atoms with Gasteiger partial charge in [0.2, 0.25) is 0 Å². The van der Waals surface area contributed by atoms with Crippen LogP contribution in [0.25, 0.3) is 0 Å². The molecule has 14 heavy (non-hydrogen) atoms. The summed E-state index contributed by atoms with van der Waals surface area (Å²) in [6.07, 6.45) is 1.95. The molecular weight excluding hydrogens is 175 g/mol. The minimum absolute atomic E-state index is 0.0576. The largest absolute Gasteiger partial charge is 0.207 e. The van der Waals surface area contributed by atoms with E-state index in [0.717, 1.165) is 24.0 Å². The van der Waals surface area contributed by atoms with Gasteiger partial charge in [0.05, 0.1) is 0 Å². The Morgan fingerprint density at radius 1 is 1.21 bits per heavy atom. The Balaban J connectivity index is 3.18. The van der Waals surface area contributed by atoms with E-state index in [9.17, 15) is 4.39 Å². The Morgan fingerprint density at radius 2 is 1.79 bits per heavy atom. The van der Waals surface area contributed by atoms with Gasteiger partial charge in [-0.1, -0.05) is 26.3 Å². The maximum Gasteiger partial charge on any atom is 0.125 e. The smallest absolute Gasteiger partial charge is 0.125 e. The van der Waals surface area contributed by atoms with Crippen LogP contribution in [0.1, 0.15) is 47.5 Å². The van der Waals surface area contributed by atoms with Crippen LogP contribution in [-0.4, -0.2) is 0 Å². The second kappa shape index (κ2) is 4.29. The summed E-state index contributed by atoms with van der Waals surface area (Å²) in [5, 5.41) is 0. The van der Waals surface area contributed by atoms with E-state index < -0.39 is 0 Å².